The Morgan fingerprint density at radius 1 is 1.08 bits per heavy atom. The number of carbonyl (C=O) groups is 4. The molecule has 2 N–H and O–H groups in total. The van der Waals surface area contributed by atoms with Crippen LogP contribution in [0, 0.1) is 5.92 Å². The van der Waals surface area contributed by atoms with Gasteiger partial charge in [0.05, 0.1) is 25.3 Å². The van der Waals surface area contributed by atoms with Gasteiger partial charge in [-0.1, -0.05) is 90.9 Å². The van der Waals surface area contributed by atoms with Crippen molar-refractivity contribution in [2.45, 2.75) is 94.7 Å². The number of amides is 3. The Labute approximate surface area is 366 Å². The van der Waals surface area contributed by atoms with Crippen molar-refractivity contribution in [2.24, 2.45) is 5.92 Å². The molecule has 3 amide bonds. The SMILES string of the molecule is COc1cc2cc(c1Cl)N(C)C(=O)C[C@H](OC(=O)[C@H](C)N(C)C(=O)OCC1c3ccccc3-c3ccccc31)[C@]1(C)OC1[C@H](C)[C@@H]1C[C@@](O)(NC(=O)O1)[C@H](OC)/C=C/C=C(\C)C2. The van der Waals surface area contributed by atoms with E-state index in [1.165, 1.54) is 33.1 Å². The van der Waals surface area contributed by atoms with Gasteiger partial charge >= 0.3 is 18.2 Å². The molecular formula is C47H54ClN3O11. The average Bonchev–Trinajstić information content (AvgIpc) is 3.85. The smallest absolute Gasteiger partial charge is 0.410 e. The van der Waals surface area contributed by atoms with E-state index in [-0.39, 0.29) is 30.4 Å². The van der Waals surface area contributed by atoms with E-state index in [2.05, 4.69) is 5.32 Å². The van der Waals surface area contributed by atoms with Crippen LogP contribution in [0.4, 0.5) is 15.3 Å². The van der Waals surface area contributed by atoms with Crippen LogP contribution in [-0.4, -0.2) is 111 Å². The number of allylic oxidation sites excluding steroid dienone is 3. The van der Waals surface area contributed by atoms with E-state index in [9.17, 15) is 24.3 Å². The minimum absolute atomic E-state index is 0.0517. The lowest BCUT2D eigenvalue weighted by atomic mass is 9.83. The van der Waals surface area contributed by atoms with E-state index in [0.29, 0.717) is 17.9 Å². The Bertz CT molecular complexity index is 2250. The molecule has 0 spiro atoms. The number of rotatable bonds is 7. The molecule has 0 aromatic heterocycles. The second-order valence-electron chi connectivity index (χ2n) is 16.8. The molecule has 1 aliphatic carbocycles. The van der Waals surface area contributed by atoms with Gasteiger partial charge in [-0.3, -0.25) is 15.0 Å². The first kappa shape index (κ1) is 44.6. The van der Waals surface area contributed by atoms with E-state index < -0.39 is 71.8 Å². The summed E-state index contributed by atoms with van der Waals surface area (Å²) in [4.78, 5) is 57.5. The third kappa shape index (κ3) is 8.65. The molecule has 2 fully saturated rings. The Hall–Kier alpha value is -5.41. The number of benzene rings is 3. The zero-order valence-electron chi connectivity index (χ0n) is 36.2. The number of anilines is 1. The third-order valence-electron chi connectivity index (χ3n) is 12.8. The molecule has 0 radical (unpaired) electrons. The van der Waals surface area contributed by atoms with E-state index >= 15 is 0 Å². The number of hydrogen-bond donors (Lipinski definition) is 2. The van der Waals surface area contributed by atoms with Gasteiger partial charge < -0.3 is 38.4 Å². The van der Waals surface area contributed by atoms with Crippen molar-refractivity contribution in [1.29, 1.82) is 0 Å². The summed E-state index contributed by atoms with van der Waals surface area (Å²) in [6.07, 6.45) is -0.0284. The zero-order valence-corrected chi connectivity index (χ0v) is 36.9. The van der Waals surface area contributed by atoms with Crippen molar-refractivity contribution >= 4 is 41.4 Å². The summed E-state index contributed by atoms with van der Waals surface area (Å²) in [5.74, 6) is -1.65. The Morgan fingerprint density at radius 2 is 1.74 bits per heavy atom. The third-order valence-corrected chi connectivity index (χ3v) is 13.1. The number of hydrogen-bond acceptors (Lipinski definition) is 11. The molecule has 62 heavy (non-hydrogen) atoms. The summed E-state index contributed by atoms with van der Waals surface area (Å²) in [7, 11) is 5.94. The van der Waals surface area contributed by atoms with Crippen molar-refractivity contribution < 1.29 is 52.7 Å². The number of halogens is 1. The number of nitrogens with one attached hydrogen (secondary N) is 1. The van der Waals surface area contributed by atoms with Gasteiger partial charge in [0.1, 0.15) is 47.3 Å². The molecule has 3 aromatic carbocycles. The molecule has 4 bridgehead atoms. The van der Waals surface area contributed by atoms with Crippen LogP contribution in [0.2, 0.25) is 5.02 Å². The Kier molecular flexibility index (Phi) is 12.8. The Morgan fingerprint density at radius 3 is 2.39 bits per heavy atom. The molecule has 3 heterocycles. The second kappa shape index (κ2) is 17.8. The molecule has 0 saturated carbocycles. The van der Waals surface area contributed by atoms with Crippen molar-refractivity contribution in [1.82, 2.24) is 10.2 Å². The lowest BCUT2D eigenvalue weighted by molar-refractivity contribution is -0.158. The standard InChI is InChI=1S/C47H54ClN3O11/c1-26-14-13-19-38(58-8)47(56)24-37(60-44(54)49-47)27(2)42-46(4,62-42)39(23-40(52)51(6)35-21-29(20-26)22-36(57-7)41(35)48)61-43(53)28(3)50(5)45(55)59-25-34-32-17-11-9-15-30(32)31-16-10-12-18-33(31)34/h9-19,21-22,27-28,34,37-39,42,56H,20,23-25H2,1-8H3,(H,49,54)/b19-13+,26-14+/t27-,28+,37+,38-,39+,42?,46+,47+/m1/s1. The van der Waals surface area contributed by atoms with E-state index in [0.717, 1.165) is 38.3 Å². The van der Waals surface area contributed by atoms with Gasteiger partial charge in [-0.25, -0.2) is 14.4 Å². The molecule has 7 rings (SSSR count). The predicted octanol–water partition coefficient (Wildman–Crippen LogP) is 6.94. The lowest BCUT2D eigenvalue weighted by Gasteiger charge is -2.42. The van der Waals surface area contributed by atoms with E-state index in [4.69, 9.17) is 40.0 Å². The minimum Gasteiger partial charge on any atom is -0.495 e. The fourth-order valence-electron chi connectivity index (χ4n) is 8.86. The van der Waals surface area contributed by atoms with Gasteiger partial charge in [0.25, 0.3) is 0 Å². The number of nitrogens with zero attached hydrogens (tertiary/aromatic N) is 2. The summed E-state index contributed by atoms with van der Waals surface area (Å²) < 4.78 is 35.3. The number of likely N-dealkylation sites (N-methyl/N-ethyl adjacent to an activating group) is 1. The molecule has 3 aliphatic heterocycles. The van der Waals surface area contributed by atoms with Crippen LogP contribution in [-0.2, 0) is 39.7 Å². The highest BCUT2D eigenvalue weighted by molar-refractivity contribution is 6.35. The topological polar surface area (TPSA) is 166 Å². The van der Waals surface area contributed by atoms with Crippen LogP contribution in [0.1, 0.15) is 63.1 Å². The number of fused-ring (bicyclic) bond motifs is 8. The van der Waals surface area contributed by atoms with Crippen LogP contribution < -0.4 is 15.0 Å². The van der Waals surface area contributed by atoms with Gasteiger partial charge in [-0.05, 0) is 67.1 Å². The number of ether oxygens (including phenoxy) is 6. The summed E-state index contributed by atoms with van der Waals surface area (Å²) in [6, 6.07) is 18.4. The van der Waals surface area contributed by atoms with Gasteiger partial charge in [0.15, 0.2) is 5.72 Å². The van der Waals surface area contributed by atoms with Crippen molar-refractivity contribution in [3.63, 3.8) is 0 Å². The molecule has 330 valence electrons. The van der Waals surface area contributed by atoms with Crippen LogP contribution in [0.15, 0.2) is 84.5 Å². The average molecular weight is 872 g/mol. The number of epoxide rings is 1. The predicted molar refractivity (Wildman–Crippen MR) is 231 cm³/mol. The van der Waals surface area contributed by atoms with Gasteiger partial charge in [-0.2, -0.15) is 0 Å². The summed E-state index contributed by atoms with van der Waals surface area (Å²) in [5.41, 5.74) is 3.23. The number of alkyl carbamates (subject to hydrolysis) is 1. The minimum atomic E-state index is -1.85. The Balaban J connectivity index is 1.15. The fraction of sp³-hybridized carbons (Fsp3) is 0.447. The molecule has 1 unspecified atom stereocenters. The zero-order chi connectivity index (χ0) is 44.7. The number of methoxy groups -OCH3 is 2. The van der Waals surface area contributed by atoms with Crippen LogP contribution in [0.3, 0.4) is 0 Å². The number of carbonyl (C=O) groups excluding carboxylic acids is 4. The maximum atomic E-state index is 14.3. The maximum absolute atomic E-state index is 14.3. The highest BCUT2D eigenvalue weighted by Gasteiger charge is 2.64. The molecule has 3 aromatic rings. The second-order valence-corrected chi connectivity index (χ2v) is 17.2. The van der Waals surface area contributed by atoms with Crippen LogP contribution in [0.25, 0.3) is 11.1 Å². The molecule has 8 atom stereocenters. The normalized spacial score (nSPS) is 29.0. The summed E-state index contributed by atoms with van der Waals surface area (Å²) >= 11 is 6.81. The van der Waals surface area contributed by atoms with Gasteiger partial charge in [0, 0.05) is 39.5 Å². The summed E-state index contributed by atoms with van der Waals surface area (Å²) in [6.45, 7) is 6.99. The molecule has 4 aliphatic rings. The van der Waals surface area contributed by atoms with Gasteiger partial charge in [0.2, 0.25) is 5.91 Å². The molecule has 14 nitrogen and oxygen atoms in total. The van der Waals surface area contributed by atoms with Crippen molar-refractivity contribution in [3.8, 4) is 16.9 Å². The number of aliphatic hydroxyl groups is 1. The molecular weight excluding hydrogens is 818 g/mol. The largest absolute Gasteiger partial charge is 0.495 e. The van der Waals surface area contributed by atoms with E-state index in [1.54, 1.807) is 45.2 Å². The first-order valence-corrected chi connectivity index (χ1v) is 21.0. The van der Waals surface area contributed by atoms with Crippen LogP contribution in [0.5, 0.6) is 5.75 Å². The molecule has 15 heteroatoms. The highest BCUT2D eigenvalue weighted by atomic mass is 35.5. The first-order valence-electron chi connectivity index (χ1n) is 20.7. The lowest BCUT2D eigenvalue weighted by Crippen LogP contribution is -2.63. The monoisotopic (exact) mass is 871 g/mol. The first-order chi connectivity index (χ1) is 29.5. The molecule has 2 saturated heterocycles. The van der Waals surface area contributed by atoms with Crippen molar-refractivity contribution in [3.05, 3.63) is 106 Å². The van der Waals surface area contributed by atoms with Crippen molar-refractivity contribution in [2.75, 3.05) is 39.8 Å². The highest BCUT2D eigenvalue weighted by Crippen LogP contribution is 2.49. The van der Waals surface area contributed by atoms with Crippen LogP contribution >= 0.6 is 11.6 Å². The van der Waals surface area contributed by atoms with Gasteiger partial charge in [-0.15, -0.1) is 0 Å². The van der Waals surface area contributed by atoms with E-state index in [1.807, 2.05) is 61.5 Å². The quantitative estimate of drug-likeness (QED) is 0.144. The maximum Gasteiger partial charge on any atom is 0.410 e. The number of esters is 1. The summed E-state index contributed by atoms with van der Waals surface area (Å²) in [5, 5.41) is 14.6. The fourth-order valence-corrected chi connectivity index (χ4v) is 9.17.